The summed E-state index contributed by atoms with van der Waals surface area (Å²) in [5, 5.41) is 22.4. The minimum absolute atomic E-state index is 0.202. The lowest BCUT2D eigenvalue weighted by Gasteiger charge is -2.73. The molecule has 8 bridgehead atoms. The van der Waals surface area contributed by atoms with Crippen LogP contribution in [-0.2, 0) is 57.1 Å². The maximum Gasteiger partial charge on any atom is 0.243 e. The Bertz CT molecular complexity index is 1860. The summed E-state index contributed by atoms with van der Waals surface area (Å²) in [6, 6.07) is -0.614. The molecule has 0 radical (unpaired) electrons. The van der Waals surface area contributed by atoms with Crippen molar-refractivity contribution in [3.8, 4) is 0 Å². The topological polar surface area (TPSA) is 189 Å². The van der Waals surface area contributed by atoms with Crippen LogP contribution in [0.2, 0.25) is 0 Å². The molecule has 20 atom stereocenters. The van der Waals surface area contributed by atoms with Gasteiger partial charge in [-0.25, -0.2) is 0 Å². The van der Waals surface area contributed by atoms with Crippen LogP contribution in [0.4, 0.5) is 0 Å². The number of carbonyl (C=O) groups excluding carboxylic acids is 4. The quantitative estimate of drug-likeness (QED) is 0.385. The number of ketones is 2. The van der Waals surface area contributed by atoms with E-state index < -0.39 is 70.9 Å². The molecule has 8 aliphatic carbocycles. The summed E-state index contributed by atoms with van der Waals surface area (Å²) in [6.07, 6.45) is 6.42. The van der Waals surface area contributed by atoms with Crippen LogP contribution in [0.25, 0.3) is 0 Å². The van der Waals surface area contributed by atoms with E-state index in [9.17, 15) is 29.4 Å². The van der Waals surface area contributed by atoms with Crippen LogP contribution in [0.1, 0.15) is 105 Å². The first-order valence-electron chi connectivity index (χ1n) is 23.7. The monoisotopic (exact) mass is 866 g/mol. The first-order chi connectivity index (χ1) is 29.6. The Kier molecular flexibility index (Phi) is 8.07. The number of aliphatic hydroxyl groups excluding tert-OH is 2. The van der Waals surface area contributed by atoms with Gasteiger partial charge in [0.25, 0.3) is 0 Å². The minimum atomic E-state index is -0.806. The molecule has 0 aromatic rings. The van der Waals surface area contributed by atoms with Crippen molar-refractivity contribution in [1.29, 1.82) is 0 Å². The molecule has 340 valence electrons. The first-order valence-corrected chi connectivity index (χ1v) is 23.7. The summed E-state index contributed by atoms with van der Waals surface area (Å²) < 4.78 is 49.9. The molecule has 0 aromatic carbocycles. The van der Waals surface area contributed by atoms with E-state index in [0.717, 1.165) is 51.4 Å². The summed E-state index contributed by atoms with van der Waals surface area (Å²) in [7, 11) is 0. The third-order valence-corrected chi connectivity index (χ3v) is 21.5. The molecular formula is C46H62N2O14. The Morgan fingerprint density at radius 1 is 0.581 bits per heavy atom. The zero-order valence-electron chi connectivity index (χ0n) is 36.2. The fraction of sp³-hybridized carbons (Fsp3) is 0.913. The zero-order valence-corrected chi connectivity index (χ0v) is 36.2. The second kappa shape index (κ2) is 12.4. The standard InChI is InChI=1S/2C23H31NO7/c2*1-20-10-15(26)16-12(13(20)4-6-23(20)28-7-8-29-23)3-5-22-9-14-17(27)18(21(16,22)2)30-19(31-22)24(14)11-25/h2*11-14,16-19,27H,3-10H2,1-2H3/t2*12-,13-,14-,16+,17+,18-,19-,20-,21-,22+/m00/s1. The van der Waals surface area contributed by atoms with Crippen LogP contribution in [0, 0.1) is 57.2 Å². The number of nitrogens with zero attached hydrogens (tertiary/aromatic N) is 2. The maximum atomic E-state index is 14.0. The van der Waals surface area contributed by atoms with Crippen molar-refractivity contribution in [1.82, 2.24) is 9.80 Å². The Labute approximate surface area is 361 Å². The Balaban J connectivity index is 0.000000126. The molecule has 16 fully saturated rings. The van der Waals surface area contributed by atoms with Crippen molar-refractivity contribution >= 4 is 24.4 Å². The van der Waals surface area contributed by atoms with Gasteiger partial charge in [-0.05, 0) is 62.2 Å². The SMILES string of the molecule is C[C@]12[C@H]3O[C@H]4O[C@]1(CC[C@@H]1[C@@H]2C(=O)C[C@@]2(C)[C@H]1CCC21OCCO1)C[C@@H]([C@H]3O)N4C=O.C[C@]12[C@H]3O[C@H]4O[C@]1(CC[C@@H]1[C@@H]2C(=O)C[C@@]2(C)[C@H]1CCC21OCCO1)C[C@@H]([C@H]3O)N4C=O. The average molecular weight is 867 g/mol. The van der Waals surface area contributed by atoms with E-state index in [0.29, 0.717) is 76.8 Å². The molecule has 16 heteroatoms. The Hall–Kier alpha value is -2.12. The maximum absolute atomic E-state index is 14.0. The van der Waals surface area contributed by atoms with Crippen molar-refractivity contribution in [2.45, 2.75) is 177 Å². The van der Waals surface area contributed by atoms with Gasteiger partial charge in [-0.15, -0.1) is 0 Å². The molecule has 16 nitrogen and oxygen atoms in total. The molecular weight excluding hydrogens is 805 g/mol. The number of aliphatic hydroxyl groups is 2. The molecule has 2 N–H and O–H groups in total. The lowest BCUT2D eigenvalue weighted by Crippen LogP contribution is -2.84. The van der Waals surface area contributed by atoms with Crippen molar-refractivity contribution in [2.24, 2.45) is 57.2 Å². The predicted octanol–water partition coefficient (Wildman–Crippen LogP) is 2.39. The third-order valence-electron chi connectivity index (χ3n) is 21.5. The van der Waals surface area contributed by atoms with Gasteiger partial charge in [0.2, 0.25) is 25.6 Å². The predicted molar refractivity (Wildman–Crippen MR) is 208 cm³/mol. The molecule has 62 heavy (non-hydrogen) atoms. The molecule has 0 unspecified atom stereocenters. The number of Topliss-reactive ketones (excluding diaryl/α,β-unsaturated/α-hetero) is 2. The normalized spacial score (nSPS) is 58.4. The summed E-state index contributed by atoms with van der Waals surface area (Å²) in [4.78, 5) is 54.1. The highest BCUT2D eigenvalue weighted by molar-refractivity contribution is 5.86. The number of rotatable bonds is 2. The van der Waals surface area contributed by atoms with Crippen LogP contribution < -0.4 is 0 Å². The highest BCUT2D eigenvalue weighted by Gasteiger charge is 2.81. The van der Waals surface area contributed by atoms with Gasteiger partial charge in [-0.3, -0.25) is 29.0 Å². The second-order valence-corrected chi connectivity index (χ2v) is 22.8. The van der Waals surface area contributed by atoms with Crippen LogP contribution in [0.5, 0.6) is 0 Å². The van der Waals surface area contributed by atoms with Gasteiger partial charge in [-0.2, -0.15) is 0 Å². The molecule has 16 aliphatic rings. The first kappa shape index (κ1) is 40.2. The molecule has 16 rings (SSSR count). The number of carbonyl (C=O) groups is 4. The lowest BCUT2D eigenvalue weighted by molar-refractivity contribution is -0.462. The molecule has 8 heterocycles. The minimum Gasteiger partial charge on any atom is -0.388 e. The van der Waals surface area contributed by atoms with E-state index in [2.05, 4.69) is 27.7 Å². The summed E-state index contributed by atoms with van der Waals surface area (Å²) in [5.41, 5.74) is -2.92. The van der Waals surface area contributed by atoms with E-state index in [4.69, 9.17) is 37.9 Å². The van der Waals surface area contributed by atoms with E-state index >= 15 is 0 Å². The van der Waals surface area contributed by atoms with Crippen molar-refractivity contribution in [3.05, 3.63) is 0 Å². The van der Waals surface area contributed by atoms with E-state index in [-0.39, 0.29) is 58.2 Å². The van der Waals surface area contributed by atoms with Gasteiger partial charge < -0.3 is 48.1 Å². The molecule has 8 aliphatic heterocycles. The average Bonchev–Trinajstić information content (AvgIpc) is 4.04. The highest BCUT2D eigenvalue weighted by Crippen LogP contribution is 2.74. The van der Waals surface area contributed by atoms with Gasteiger partial charge >= 0.3 is 0 Å². The number of hydrogen-bond acceptors (Lipinski definition) is 14. The zero-order chi connectivity index (χ0) is 42.8. The molecule has 4 spiro atoms. The Morgan fingerprint density at radius 3 is 1.34 bits per heavy atom. The summed E-state index contributed by atoms with van der Waals surface area (Å²) in [6.45, 7) is 11.0. The van der Waals surface area contributed by atoms with Gasteiger partial charge in [0.1, 0.15) is 23.8 Å². The summed E-state index contributed by atoms with van der Waals surface area (Å²) >= 11 is 0. The largest absolute Gasteiger partial charge is 0.388 e. The second-order valence-electron chi connectivity index (χ2n) is 22.8. The van der Waals surface area contributed by atoms with Gasteiger partial charge in [0.15, 0.2) is 11.6 Å². The fourth-order valence-corrected chi connectivity index (χ4v) is 18.9. The molecule has 8 saturated carbocycles. The number of hydrogen-bond donors (Lipinski definition) is 2. The number of amides is 2. The van der Waals surface area contributed by atoms with Gasteiger partial charge in [-0.1, -0.05) is 27.7 Å². The highest BCUT2D eigenvalue weighted by atomic mass is 16.8. The fourth-order valence-electron chi connectivity index (χ4n) is 18.9. The molecule has 8 saturated heterocycles. The van der Waals surface area contributed by atoms with Crippen molar-refractivity contribution in [2.75, 3.05) is 26.4 Å². The van der Waals surface area contributed by atoms with E-state index in [1.165, 1.54) is 9.80 Å². The van der Waals surface area contributed by atoms with Crippen LogP contribution in [0.15, 0.2) is 0 Å². The molecule has 2 amide bonds. The van der Waals surface area contributed by atoms with Gasteiger partial charge in [0.05, 0.1) is 61.9 Å². The van der Waals surface area contributed by atoms with E-state index in [1.807, 2.05) is 0 Å². The number of ether oxygens (including phenoxy) is 8. The van der Waals surface area contributed by atoms with Crippen molar-refractivity contribution < 1.29 is 67.3 Å². The van der Waals surface area contributed by atoms with Crippen LogP contribution in [-0.4, -0.2) is 143 Å². The van der Waals surface area contributed by atoms with E-state index in [1.54, 1.807) is 0 Å². The molecule has 0 aromatic heterocycles. The number of fused-ring (bicyclic) bond motifs is 8. The third kappa shape index (κ3) is 4.25. The lowest BCUT2D eigenvalue weighted by atomic mass is 9.41. The Morgan fingerprint density at radius 2 is 0.968 bits per heavy atom. The summed E-state index contributed by atoms with van der Waals surface area (Å²) in [5.74, 6) is -0.173. The smallest absolute Gasteiger partial charge is 0.243 e. The van der Waals surface area contributed by atoms with Crippen molar-refractivity contribution in [3.63, 3.8) is 0 Å². The van der Waals surface area contributed by atoms with Gasteiger partial charge in [0, 0.05) is 72.0 Å². The van der Waals surface area contributed by atoms with Crippen LogP contribution in [0.3, 0.4) is 0 Å². The van der Waals surface area contributed by atoms with Crippen LogP contribution >= 0.6 is 0 Å².